The van der Waals surface area contributed by atoms with Crippen LogP contribution in [0.2, 0.25) is 0 Å². The van der Waals surface area contributed by atoms with Gasteiger partial charge in [-0.25, -0.2) is 9.69 Å². The Balaban J connectivity index is 1.62. The molecule has 0 saturated carbocycles. The van der Waals surface area contributed by atoms with Crippen LogP contribution in [0.4, 0.5) is 5.13 Å². The number of nitrogens with zero attached hydrogens (tertiary/aromatic N) is 4. The highest BCUT2D eigenvalue weighted by Gasteiger charge is 2.47. The maximum absolute atomic E-state index is 13.9. The van der Waals surface area contributed by atoms with Gasteiger partial charge in [0.15, 0.2) is 6.10 Å². The summed E-state index contributed by atoms with van der Waals surface area (Å²) in [5.41, 5.74) is 0. The SMILES string of the molecule is C=CCc1nnc([N+]2([O-])CN(CCCCl)CC2OC(=O)C2CC(CCCCCC)CO2)s1. The summed E-state index contributed by atoms with van der Waals surface area (Å²) in [7, 11) is 0. The predicted octanol–water partition coefficient (Wildman–Crippen LogP) is 4.22. The van der Waals surface area contributed by atoms with Crippen molar-refractivity contribution in [2.75, 3.05) is 32.2 Å². The summed E-state index contributed by atoms with van der Waals surface area (Å²) in [6, 6.07) is 0. The van der Waals surface area contributed by atoms with Crippen molar-refractivity contribution in [1.82, 2.24) is 19.7 Å². The van der Waals surface area contributed by atoms with Crippen LogP contribution in [0, 0.1) is 11.1 Å². The van der Waals surface area contributed by atoms with Crippen LogP contribution in [0.3, 0.4) is 0 Å². The average Bonchev–Trinajstić information content (AvgIpc) is 3.50. The van der Waals surface area contributed by atoms with E-state index in [1.807, 2.05) is 4.90 Å². The molecule has 2 aliphatic rings. The first-order chi connectivity index (χ1) is 15.5. The minimum absolute atomic E-state index is 0.156. The first kappa shape index (κ1) is 25.5. The van der Waals surface area contributed by atoms with E-state index >= 15 is 0 Å². The summed E-state index contributed by atoms with van der Waals surface area (Å²) in [5, 5.41) is 23.1. The Morgan fingerprint density at radius 1 is 1.41 bits per heavy atom. The third-order valence-electron chi connectivity index (χ3n) is 6.06. The Bertz CT molecular complexity index is 751. The van der Waals surface area contributed by atoms with Gasteiger partial charge in [0.25, 0.3) is 6.23 Å². The zero-order valence-electron chi connectivity index (χ0n) is 18.9. The molecule has 10 heteroatoms. The summed E-state index contributed by atoms with van der Waals surface area (Å²) in [6.45, 7) is 7.65. The fourth-order valence-corrected chi connectivity index (χ4v) is 5.30. The van der Waals surface area contributed by atoms with Crippen molar-refractivity contribution in [1.29, 1.82) is 0 Å². The van der Waals surface area contributed by atoms with Gasteiger partial charge in [0.05, 0.1) is 13.2 Å². The molecule has 32 heavy (non-hydrogen) atoms. The van der Waals surface area contributed by atoms with E-state index in [0.29, 0.717) is 49.5 Å². The Hall–Kier alpha value is -1.10. The number of allylic oxidation sites excluding steroid dienone is 1. The molecule has 8 nitrogen and oxygen atoms in total. The second kappa shape index (κ2) is 12.4. The van der Waals surface area contributed by atoms with E-state index in [4.69, 9.17) is 21.1 Å². The van der Waals surface area contributed by atoms with Gasteiger partial charge in [-0.15, -0.1) is 23.3 Å². The van der Waals surface area contributed by atoms with Gasteiger partial charge in [-0.05, 0) is 36.5 Å². The van der Waals surface area contributed by atoms with Gasteiger partial charge in [-0.1, -0.05) is 43.8 Å². The lowest BCUT2D eigenvalue weighted by Gasteiger charge is -2.38. The van der Waals surface area contributed by atoms with Crippen LogP contribution in [0.5, 0.6) is 0 Å². The van der Waals surface area contributed by atoms with Gasteiger partial charge in [-0.3, -0.25) is 4.65 Å². The average molecular weight is 487 g/mol. The Kier molecular flexibility index (Phi) is 9.88. The molecule has 1 aromatic rings. The largest absolute Gasteiger partial charge is 0.622 e. The first-order valence-electron chi connectivity index (χ1n) is 11.6. The number of ether oxygens (including phenoxy) is 2. The monoisotopic (exact) mass is 486 g/mol. The number of quaternary nitrogens is 1. The number of carbonyl (C=O) groups is 1. The summed E-state index contributed by atoms with van der Waals surface area (Å²) >= 11 is 7.09. The molecule has 2 fully saturated rings. The normalized spacial score (nSPS) is 28.3. The van der Waals surface area contributed by atoms with Gasteiger partial charge < -0.3 is 14.7 Å². The van der Waals surface area contributed by atoms with Crippen molar-refractivity contribution in [3.8, 4) is 0 Å². The molecule has 2 aliphatic heterocycles. The van der Waals surface area contributed by atoms with E-state index in [9.17, 15) is 10.0 Å². The first-order valence-corrected chi connectivity index (χ1v) is 13.0. The standard InChI is InChI=1S/C22H35ClN4O4S/c1-3-5-6-7-10-17-13-18(30-15-17)21(28)31-20-14-26(12-8-11-23)16-27(20,29)22-25-24-19(32-22)9-4-2/h4,17-18,20H,2-3,5-16H2,1H3. The highest BCUT2D eigenvalue weighted by molar-refractivity contribution is 7.15. The third-order valence-corrected chi connectivity index (χ3v) is 7.38. The van der Waals surface area contributed by atoms with E-state index in [2.05, 4.69) is 23.7 Å². The number of alkyl halides is 1. The van der Waals surface area contributed by atoms with Crippen LogP contribution in [-0.2, 0) is 20.7 Å². The topological polar surface area (TPSA) is 87.6 Å². The quantitative estimate of drug-likeness (QED) is 0.103. The second-order valence-corrected chi connectivity index (χ2v) is 10.1. The van der Waals surface area contributed by atoms with Gasteiger partial charge in [0.1, 0.15) is 11.7 Å². The maximum atomic E-state index is 13.9. The number of halogens is 1. The lowest BCUT2D eigenvalue weighted by molar-refractivity contribution is -0.164. The third kappa shape index (κ3) is 6.48. The Labute approximate surface area is 199 Å². The summed E-state index contributed by atoms with van der Waals surface area (Å²) < 4.78 is 10.7. The summed E-state index contributed by atoms with van der Waals surface area (Å²) in [5.74, 6) is 0.446. The van der Waals surface area contributed by atoms with Crippen LogP contribution in [0.15, 0.2) is 12.7 Å². The van der Waals surface area contributed by atoms with Crippen molar-refractivity contribution < 1.29 is 14.3 Å². The molecule has 4 atom stereocenters. The number of carbonyl (C=O) groups excluding carboxylic acids is 1. The fraction of sp³-hybridized carbons (Fsp3) is 0.773. The van der Waals surface area contributed by atoms with Gasteiger partial charge >= 0.3 is 11.1 Å². The molecule has 180 valence electrons. The molecule has 4 unspecified atom stereocenters. The van der Waals surface area contributed by atoms with Crippen molar-refractivity contribution in [3.63, 3.8) is 0 Å². The number of esters is 1. The minimum atomic E-state index is -0.894. The molecule has 0 radical (unpaired) electrons. The number of unbranched alkanes of at least 4 members (excludes halogenated alkanes) is 3. The van der Waals surface area contributed by atoms with E-state index in [0.717, 1.165) is 24.3 Å². The highest BCUT2D eigenvalue weighted by atomic mass is 35.5. The molecule has 3 rings (SSSR count). The fourth-order valence-electron chi connectivity index (χ4n) is 4.28. The number of rotatable bonds is 13. The van der Waals surface area contributed by atoms with Gasteiger partial charge in [-0.2, -0.15) is 0 Å². The van der Waals surface area contributed by atoms with Crippen LogP contribution >= 0.6 is 22.9 Å². The molecule has 2 saturated heterocycles. The smallest absolute Gasteiger partial charge is 0.339 e. The lowest BCUT2D eigenvalue weighted by atomic mass is 9.98. The Morgan fingerprint density at radius 2 is 2.25 bits per heavy atom. The number of aromatic nitrogens is 2. The predicted molar refractivity (Wildman–Crippen MR) is 127 cm³/mol. The molecule has 0 N–H and O–H groups in total. The van der Waals surface area contributed by atoms with E-state index in [1.165, 1.54) is 30.6 Å². The molecule has 0 aliphatic carbocycles. The minimum Gasteiger partial charge on any atom is -0.622 e. The molecule has 0 amide bonds. The lowest BCUT2D eigenvalue weighted by Crippen LogP contribution is -2.51. The molecule has 1 aromatic heterocycles. The van der Waals surface area contributed by atoms with Crippen LogP contribution in [0.1, 0.15) is 56.9 Å². The van der Waals surface area contributed by atoms with Crippen LogP contribution in [-0.4, -0.2) is 65.6 Å². The molecule has 0 spiro atoms. The molecule has 0 aromatic carbocycles. The summed E-state index contributed by atoms with van der Waals surface area (Å²) in [4.78, 5) is 14.9. The molecule has 0 bridgehead atoms. The van der Waals surface area contributed by atoms with E-state index < -0.39 is 22.9 Å². The van der Waals surface area contributed by atoms with Gasteiger partial charge in [0, 0.05) is 18.8 Å². The maximum Gasteiger partial charge on any atom is 0.339 e. The van der Waals surface area contributed by atoms with Crippen molar-refractivity contribution >= 4 is 34.0 Å². The molecule has 3 heterocycles. The van der Waals surface area contributed by atoms with E-state index in [1.54, 1.807) is 6.08 Å². The van der Waals surface area contributed by atoms with Crippen LogP contribution < -0.4 is 4.65 Å². The van der Waals surface area contributed by atoms with Gasteiger partial charge in [0.2, 0.25) is 0 Å². The van der Waals surface area contributed by atoms with Crippen LogP contribution in [0.25, 0.3) is 0 Å². The van der Waals surface area contributed by atoms with Crippen molar-refractivity contribution in [3.05, 3.63) is 22.9 Å². The zero-order valence-corrected chi connectivity index (χ0v) is 20.5. The zero-order chi connectivity index (χ0) is 23.0. The Morgan fingerprint density at radius 3 is 3.00 bits per heavy atom. The van der Waals surface area contributed by atoms with Crippen molar-refractivity contribution in [2.24, 2.45) is 5.92 Å². The summed E-state index contributed by atoms with van der Waals surface area (Å²) in [6.07, 6.45) is 8.09. The number of hydroxylamine groups is 2. The number of hydrogen-bond donors (Lipinski definition) is 0. The molecular formula is C22H35ClN4O4S. The number of hydrogen-bond acceptors (Lipinski definition) is 8. The second-order valence-electron chi connectivity index (χ2n) is 8.69. The molecular weight excluding hydrogens is 452 g/mol. The highest BCUT2D eigenvalue weighted by Crippen LogP contribution is 2.35. The van der Waals surface area contributed by atoms with E-state index in [-0.39, 0.29) is 6.67 Å². The van der Waals surface area contributed by atoms with Crippen molar-refractivity contribution in [2.45, 2.75) is 70.6 Å².